The van der Waals surface area contributed by atoms with Crippen LogP contribution in [0.25, 0.3) is 0 Å². The van der Waals surface area contributed by atoms with Gasteiger partial charge in [-0.05, 0) is 22.3 Å². The topological polar surface area (TPSA) is 33.2 Å². The van der Waals surface area contributed by atoms with Gasteiger partial charge >= 0.3 is 0 Å². The summed E-state index contributed by atoms with van der Waals surface area (Å²) in [6.45, 7) is 9.89. The Kier molecular flexibility index (Phi) is 12.5. The number of halogens is 1. The number of rotatable bonds is 8. The average Bonchev–Trinajstić information content (AvgIpc) is 3.33. The molecule has 0 aromatic heterocycles. The normalized spacial score (nSPS) is 18.2. The van der Waals surface area contributed by atoms with Crippen LogP contribution in [0.3, 0.4) is 0 Å². The molecule has 0 saturated carbocycles. The van der Waals surface area contributed by atoms with Crippen molar-refractivity contribution in [2.24, 2.45) is 0 Å². The van der Waals surface area contributed by atoms with Crippen molar-refractivity contribution in [2.45, 2.75) is 38.5 Å². The molecule has 2 heterocycles. The number of aliphatic hydroxyl groups is 1. The fourth-order valence-electron chi connectivity index (χ4n) is 6.14. The zero-order valence-electron chi connectivity index (χ0n) is 25.8. The number of alkyl halides is 1. The van der Waals surface area contributed by atoms with Gasteiger partial charge < -0.3 is 5.11 Å². The first-order chi connectivity index (χ1) is 21.6. The molecule has 0 radical (unpaired) electrons. The standard InChI is InChI=1S/C19H23FN2.C19H24N2O/c20-19-15-21(13-17-7-3-1-4-8-17)11-12-22(16-19)14-18-9-5-2-6-10-18;22-19-15-20(13-17-7-3-1-4-8-17)11-12-21(16-19)14-18-9-5-2-6-10-18/h1-10,19H,11-16H2;1-10,19,22H,11-16H2. The molecular formula is C38H47FN4O. The first-order valence-electron chi connectivity index (χ1n) is 16.0. The zero-order chi connectivity index (χ0) is 30.4. The highest BCUT2D eigenvalue weighted by molar-refractivity contribution is 5.17. The summed E-state index contributed by atoms with van der Waals surface area (Å²) in [7, 11) is 0. The van der Waals surface area contributed by atoms with E-state index in [0.29, 0.717) is 13.1 Å². The molecule has 0 spiro atoms. The number of aliphatic hydroxyl groups excluding tert-OH is 1. The van der Waals surface area contributed by atoms with Crippen LogP contribution in [-0.2, 0) is 26.2 Å². The summed E-state index contributed by atoms with van der Waals surface area (Å²) in [6.07, 6.45) is -1.06. The highest BCUT2D eigenvalue weighted by Gasteiger charge is 2.23. The molecule has 4 aromatic carbocycles. The van der Waals surface area contributed by atoms with E-state index in [9.17, 15) is 9.50 Å². The molecule has 0 atom stereocenters. The summed E-state index contributed by atoms with van der Waals surface area (Å²) in [5.74, 6) is 0. The molecule has 5 nitrogen and oxygen atoms in total. The lowest BCUT2D eigenvalue weighted by molar-refractivity contribution is 0.106. The molecule has 2 aliphatic rings. The minimum absolute atomic E-state index is 0.282. The lowest BCUT2D eigenvalue weighted by Crippen LogP contribution is -2.33. The van der Waals surface area contributed by atoms with Crippen molar-refractivity contribution >= 4 is 0 Å². The number of β-amino-alcohol motifs (C(OH)–C–C–N with tert-alkyl or cyclic N) is 1. The van der Waals surface area contributed by atoms with E-state index in [1.54, 1.807) is 0 Å². The van der Waals surface area contributed by atoms with Crippen molar-refractivity contribution in [1.29, 1.82) is 0 Å². The lowest BCUT2D eigenvalue weighted by Gasteiger charge is -2.21. The smallest absolute Gasteiger partial charge is 0.125 e. The van der Waals surface area contributed by atoms with Crippen LogP contribution in [0.4, 0.5) is 4.39 Å². The molecule has 2 aliphatic heterocycles. The van der Waals surface area contributed by atoms with E-state index in [1.165, 1.54) is 22.3 Å². The molecule has 2 saturated heterocycles. The molecule has 0 bridgehead atoms. The fraction of sp³-hybridized carbons (Fsp3) is 0.368. The molecule has 1 N–H and O–H groups in total. The molecule has 4 aromatic rings. The van der Waals surface area contributed by atoms with E-state index >= 15 is 0 Å². The van der Waals surface area contributed by atoms with Crippen molar-refractivity contribution < 1.29 is 9.50 Å². The Hall–Kier alpha value is -3.39. The molecule has 0 amide bonds. The fourth-order valence-corrected chi connectivity index (χ4v) is 6.14. The second-order valence-electron chi connectivity index (χ2n) is 12.1. The lowest BCUT2D eigenvalue weighted by atomic mass is 10.2. The van der Waals surface area contributed by atoms with E-state index < -0.39 is 6.17 Å². The maximum Gasteiger partial charge on any atom is 0.125 e. The summed E-state index contributed by atoms with van der Waals surface area (Å²) in [4.78, 5) is 9.16. The van der Waals surface area contributed by atoms with Crippen LogP contribution in [0.1, 0.15) is 22.3 Å². The van der Waals surface area contributed by atoms with E-state index in [0.717, 1.165) is 65.4 Å². The second kappa shape index (κ2) is 17.2. The third kappa shape index (κ3) is 11.0. The molecular weight excluding hydrogens is 547 g/mol. The first kappa shape index (κ1) is 32.0. The number of hydrogen-bond donors (Lipinski definition) is 1. The van der Waals surface area contributed by atoms with Crippen molar-refractivity contribution in [1.82, 2.24) is 19.6 Å². The number of nitrogens with zero attached hydrogens (tertiary/aromatic N) is 4. The largest absolute Gasteiger partial charge is 0.390 e. The predicted octanol–water partition coefficient (Wildman–Crippen LogP) is 5.71. The minimum Gasteiger partial charge on any atom is -0.390 e. The average molecular weight is 595 g/mol. The SMILES string of the molecule is FC1CN(Cc2ccccc2)CCN(Cc2ccccc2)C1.OC1CN(Cc2ccccc2)CCN(Cc2ccccc2)C1. The van der Waals surface area contributed by atoms with E-state index in [1.807, 2.05) is 48.5 Å². The highest BCUT2D eigenvalue weighted by atomic mass is 19.1. The second-order valence-corrected chi connectivity index (χ2v) is 12.1. The summed E-state index contributed by atoms with van der Waals surface area (Å²) in [6, 6.07) is 41.7. The van der Waals surface area contributed by atoms with Crippen molar-refractivity contribution in [3.63, 3.8) is 0 Å². The Morgan fingerprint density at radius 1 is 0.432 bits per heavy atom. The van der Waals surface area contributed by atoms with E-state index in [2.05, 4.69) is 92.4 Å². The summed E-state index contributed by atoms with van der Waals surface area (Å²) in [5, 5.41) is 10.3. The van der Waals surface area contributed by atoms with Gasteiger partial charge in [-0.3, -0.25) is 19.6 Å². The highest BCUT2D eigenvalue weighted by Crippen LogP contribution is 2.15. The number of hydrogen-bond acceptors (Lipinski definition) is 5. The maximum atomic E-state index is 14.3. The van der Waals surface area contributed by atoms with E-state index in [-0.39, 0.29) is 6.10 Å². The molecule has 6 heteroatoms. The Bertz CT molecular complexity index is 1120. The molecule has 0 unspecified atom stereocenters. The van der Waals surface area contributed by atoms with Gasteiger partial charge in [0.15, 0.2) is 0 Å². The van der Waals surface area contributed by atoms with Crippen LogP contribution in [0.5, 0.6) is 0 Å². The molecule has 44 heavy (non-hydrogen) atoms. The zero-order valence-corrected chi connectivity index (χ0v) is 25.8. The van der Waals surface area contributed by atoms with Crippen molar-refractivity contribution in [3.8, 4) is 0 Å². The Morgan fingerprint density at radius 3 is 0.955 bits per heavy atom. The third-order valence-corrected chi connectivity index (χ3v) is 8.31. The van der Waals surface area contributed by atoms with Gasteiger partial charge in [-0.1, -0.05) is 121 Å². The van der Waals surface area contributed by atoms with Crippen molar-refractivity contribution in [2.75, 3.05) is 52.4 Å². The summed E-state index contributed by atoms with van der Waals surface area (Å²) < 4.78 is 14.3. The Morgan fingerprint density at radius 2 is 0.682 bits per heavy atom. The summed E-state index contributed by atoms with van der Waals surface area (Å²) >= 11 is 0. The molecule has 0 aliphatic carbocycles. The van der Waals surface area contributed by atoms with Gasteiger partial charge in [0.25, 0.3) is 0 Å². The van der Waals surface area contributed by atoms with Gasteiger partial charge in [-0.15, -0.1) is 0 Å². The van der Waals surface area contributed by atoms with Crippen LogP contribution in [0, 0.1) is 0 Å². The van der Waals surface area contributed by atoms with Gasteiger partial charge in [0.1, 0.15) is 6.17 Å². The van der Waals surface area contributed by atoms with E-state index in [4.69, 9.17) is 0 Å². The van der Waals surface area contributed by atoms with Gasteiger partial charge in [0.05, 0.1) is 6.10 Å². The van der Waals surface area contributed by atoms with Gasteiger partial charge in [0.2, 0.25) is 0 Å². The van der Waals surface area contributed by atoms with Crippen LogP contribution < -0.4 is 0 Å². The number of benzene rings is 4. The quantitative estimate of drug-likeness (QED) is 0.283. The van der Waals surface area contributed by atoms with Crippen LogP contribution in [-0.4, -0.2) is 89.3 Å². The van der Waals surface area contributed by atoms with Crippen LogP contribution in [0.2, 0.25) is 0 Å². The first-order valence-corrected chi connectivity index (χ1v) is 16.0. The Balaban J connectivity index is 0.000000175. The monoisotopic (exact) mass is 594 g/mol. The predicted molar refractivity (Wildman–Crippen MR) is 178 cm³/mol. The molecule has 232 valence electrons. The minimum atomic E-state index is -0.782. The van der Waals surface area contributed by atoms with Crippen LogP contribution in [0.15, 0.2) is 121 Å². The Labute approximate surface area is 263 Å². The van der Waals surface area contributed by atoms with Gasteiger partial charge in [-0.2, -0.15) is 0 Å². The van der Waals surface area contributed by atoms with Crippen LogP contribution >= 0.6 is 0 Å². The van der Waals surface area contributed by atoms with Gasteiger partial charge in [-0.25, -0.2) is 4.39 Å². The third-order valence-electron chi connectivity index (χ3n) is 8.31. The van der Waals surface area contributed by atoms with Crippen molar-refractivity contribution in [3.05, 3.63) is 144 Å². The summed E-state index contributed by atoms with van der Waals surface area (Å²) in [5.41, 5.74) is 5.13. The molecule has 2 fully saturated rings. The van der Waals surface area contributed by atoms with Gasteiger partial charge in [0, 0.05) is 78.5 Å². The maximum absolute atomic E-state index is 14.3. The molecule has 6 rings (SSSR count).